The Morgan fingerprint density at radius 3 is 2.58 bits per heavy atom. The molecule has 0 fully saturated rings. The van der Waals surface area contributed by atoms with Crippen LogP contribution in [0.15, 0.2) is 42.5 Å². The molecule has 0 atom stereocenters. The maximum absolute atomic E-state index is 11.6. The van der Waals surface area contributed by atoms with E-state index in [1.165, 1.54) is 4.70 Å². The minimum Gasteiger partial charge on any atom is -0.457 e. The third-order valence-electron chi connectivity index (χ3n) is 4.21. The average Bonchev–Trinajstić information content (AvgIpc) is 3.19. The second-order valence-electron chi connectivity index (χ2n) is 5.65. The first kappa shape index (κ1) is 15.3. The first-order valence-electron chi connectivity index (χ1n) is 7.59. The molecule has 1 aliphatic heterocycles. The van der Waals surface area contributed by atoms with Gasteiger partial charge in [0.15, 0.2) is 6.29 Å². The van der Waals surface area contributed by atoms with E-state index in [2.05, 4.69) is 24.3 Å². The second-order valence-corrected chi connectivity index (χ2v) is 6.77. The van der Waals surface area contributed by atoms with Crippen LogP contribution in [0.2, 0.25) is 0 Å². The molecule has 3 aromatic rings. The normalized spacial score (nSPS) is 13.5. The maximum atomic E-state index is 11.6. The summed E-state index contributed by atoms with van der Waals surface area (Å²) in [7, 11) is 3.27. The minimum absolute atomic E-state index is 0.236. The molecule has 4 rings (SSSR count). The summed E-state index contributed by atoms with van der Waals surface area (Å²) in [5, 5.41) is 1.15. The first-order valence-corrected chi connectivity index (χ1v) is 8.41. The van der Waals surface area contributed by atoms with Crippen LogP contribution < -0.4 is 0 Å². The number of ether oxygens (including phenoxy) is 3. The van der Waals surface area contributed by atoms with Crippen LogP contribution in [0.3, 0.4) is 0 Å². The van der Waals surface area contributed by atoms with E-state index in [1.807, 2.05) is 18.2 Å². The number of benzene rings is 2. The van der Waals surface area contributed by atoms with Crippen molar-refractivity contribution in [2.75, 3.05) is 14.2 Å². The lowest BCUT2D eigenvalue weighted by Crippen LogP contribution is -2.00. The molecule has 2 aromatic carbocycles. The molecule has 0 saturated heterocycles. The Bertz CT molecular complexity index is 924. The van der Waals surface area contributed by atoms with E-state index in [-0.39, 0.29) is 12.3 Å². The van der Waals surface area contributed by atoms with Gasteiger partial charge in [-0.15, -0.1) is 11.3 Å². The van der Waals surface area contributed by atoms with Gasteiger partial charge in [0.05, 0.1) is 10.4 Å². The number of rotatable bonds is 4. The fraction of sp³-hybridized carbons (Fsp3) is 0.211. The third-order valence-corrected chi connectivity index (χ3v) is 5.35. The average molecular weight is 340 g/mol. The van der Waals surface area contributed by atoms with Gasteiger partial charge in [-0.05, 0) is 46.8 Å². The Hall–Kier alpha value is -2.21. The Labute approximate surface area is 143 Å². The number of thiophene rings is 1. The van der Waals surface area contributed by atoms with Gasteiger partial charge in [-0.25, -0.2) is 4.79 Å². The smallest absolute Gasteiger partial charge is 0.338 e. The van der Waals surface area contributed by atoms with Crippen LogP contribution in [0, 0.1) is 0 Å². The van der Waals surface area contributed by atoms with Crippen molar-refractivity contribution in [3.8, 4) is 11.1 Å². The molecular formula is C19H16O4S. The van der Waals surface area contributed by atoms with Crippen LogP contribution in [-0.2, 0) is 20.8 Å². The molecule has 0 aliphatic carbocycles. The highest BCUT2D eigenvalue weighted by atomic mass is 32.1. The highest BCUT2D eigenvalue weighted by Crippen LogP contribution is 2.35. The number of methoxy groups -OCH3 is 2. The molecule has 5 heteroatoms. The molecule has 4 nitrogen and oxygen atoms in total. The van der Waals surface area contributed by atoms with Crippen molar-refractivity contribution >= 4 is 27.4 Å². The van der Waals surface area contributed by atoms with Gasteiger partial charge in [-0.1, -0.05) is 12.1 Å². The Kier molecular flexibility index (Phi) is 3.84. The van der Waals surface area contributed by atoms with Crippen molar-refractivity contribution < 1.29 is 19.0 Å². The van der Waals surface area contributed by atoms with Gasteiger partial charge in [0.2, 0.25) is 0 Å². The summed E-state index contributed by atoms with van der Waals surface area (Å²) < 4.78 is 16.9. The molecule has 0 N–H and O–H groups in total. The lowest BCUT2D eigenvalue weighted by atomic mass is 9.99. The van der Waals surface area contributed by atoms with E-state index in [4.69, 9.17) is 14.2 Å². The fourth-order valence-electron chi connectivity index (χ4n) is 3.00. The number of hydrogen-bond acceptors (Lipinski definition) is 5. The number of fused-ring (bicyclic) bond motifs is 2. The van der Waals surface area contributed by atoms with Gasteiger partial charge in [0.25, 0.3) is 0 Å². The van der Waals surface area contributed by atoms with Crippen molar-refractivity contribution in [3.63, 3.8) is 0 Å². The zero-order valence-corrected chi connectivity index (χ0v) is 14.2. The molecule has 0 radical (unpaired) electrons. The molecule has 122 valence electrons. The van der Waals surface area contributed by atoms with E-state index in [1.54, 1.807) is 25.6 Å². The highest BCUT2D eigenvalue weighted by Gasteiger charge is 2.21. The predicted molar refractivity (Wildman–Crippen MR) is 93.1 cm³/mol. The molecule has 1 aliphatic rings. The summed E-state index contributed by atoms with van der Waals surface area (Å²) in [4.78, 5) is 12.6. The van der Waals surface area contributed by atoms with Gasteiger partial charge in [-0.3, -0.25) is 0 Å². The molecule has 0 spiro atoms. The summed E-state index contributed by atoms with van der Waals surface area (Å²) in [6.45, 7) is 0.357. The number of hydrogen-bond donors (Lipinski definition) is 0. The Morgan fingerprint density at radius 1 is 1.04 bits per heavy atom. The number of esters is 1. The van der Waals surface area contributed by atoms with Gasteiger partial charge < -0.3 is 14.2 Å². The summed E-state index contributed by atoms with van der Waals surface area (Å²) in [5.41, 5.74) is 3.81. The van der Waals surface area contributed by atoms with E-state index in [0.29, 0.717) is 12.2 Å². The maximum Gasteiger partial charge on any atom is 0.338 e. The molecule has 2 heterocycles. The zero-order chi connectivity index (χ0) is 16.7. The van der Waals surface area contributed by atoms with Gasteiger partial charge in [-0.2, -0.15) is 0 Å². The first-order chi connectivity index (χ1) is 11.7. The van der Waals surface area contributed by atoms with Gasteiger partial charge in [0.1, 0.15) is 6.61 Å². The van der Waals surface area contributed by atoms with Gasteiger partial charge in [0, 0.05) is 24.5 Å². The Balaban J connectivity index is 1.74. The Morgan fingerprint density at radius 2 is 1.79 bits per heavy atom. The number of carbonyl (C=O) groups is 1. The largest absolute Gasteiger partial charge is 0.457 e. The molecule has 24 heavy (non-hydrogen) atoms. The van der Waals surface area contributed by atoms with E-state index >= 15 is 0 Å². The summed E-state index contributed by atoms with van der Waals surface area (Å²) >= 11 is 1.66. The van der Waals surface area contributed by atoms with E-state index in [9.17, 15) is 4.79 Å². The van der Waals surface area contributed by atoms with Crippen molar-refractivity contribution in [2.24, 2.45) is 0 Å². The molecule has 0 saturated carbocycles. The summed E-state index contributed by atoms with van der Waals surface area (Å²) in [5.74, 6) is -0.236. The van der Waals surface area contributed by atoms with Gasteiger partial charge >= 0.3 is 5.97 Å². The number of cyclic esters (lactones) is 1. The van der Waals surface area contributed by atoms with Crippen LogP contribution in [0.5, 0.6) is 0 Å². The summed E-state index contributed by atoms with van der Waals surface area (Å²) in [6, 6.07) is 14.3. The third kappa shape index (κ3) is 2.51. The lowest BCUT2D eigenvalue weighted by Gasteiger charge is -2.09. The highest BCUT2D eigenvalue weighted by molar-refractivity contribution is 7.19. The van der Waals surface area contributed by atoms with Crippen molar-refractivity contribution in [1.29, 1.82) is 0 Å². The summed E-state index contributed by atoms with van der Waals surface area (Å²) in [6.07, 6.45) is -0.339. The van der Waals surface area contributed by atoms with Crippen molar-refractivity contribution in [3.05, 3.63) is 58.5 Å². The number of carbonyl (C=O) groups excluding carboxylic acids is 1. The predicted octanol–water partition coefficient (Wildman–Crippen LogP) is 4.53. The van der Waals surface area contributed by atoms with Crippen LogP contribution in [-0.4, -0.2) is 20.2 Å². The fourth-order valence-corrected chi connectivity index (χ4v) is 4.10. The van der Waals surface area contributed by atoms with Crippen LogP contribution in [0.4, 0.5) is 0 Å². The topological polar surface area (TPSA) is 44.8 Å². The lowest BCUT2D eigenvalue weighted by molar-refractivity contribution is -0.103. The zero-order valence-electron chi connectivity index (χ0n) is 13.4. The molecule has 0 unspecified atom stereocenters. The molecule has 0 bridgehead atoms. The second kappa shape index (κ2) is 6.02. The molecule has 1 aromatic heterocycles. The standard InChI is InChI=1S/C19H16O4S/c1-21-19(22-2)17-9-13-7-12(4-6-16(13)24-17)11-3-5-15-14(8-11)10-23-18(15)20/h3-9,19H,10H2,1-2H3. The van der Waals surface area contributed by atoms with Crippen molar-refractivity contribution in [2.45, 2.75) is 12.9 Å². The monoisotopic (exact) mass is 340 g/mol. The minimum atomic E-state index is -0.339. The molecular weight excluding hydrogens is 324 g/mol. The van der Waals surface area contributed by atoms with Crippen LogP contribution in [0.25, 0.3) is 21.2 Å². The van der Waals surface area contributed by atoms with E-state index in [0.717, 1.165) is 27.0 Å². The van der Waals surface area contributed by atoms with Crippen LogP contribution >= 0.6 is 11.3 Å². The quantitative estimate of drug-likeness (QED) is 0.517. The molecule has 0 amide bonds. The SMILES string of the molecule is COC(OC)c1cc2cc(-c3ccc4c(c3)COC4=O)ccc2s1. The van der Waals surface area contributed by atoms with Crippen molar-refractivity contribution in [1.82, 2.24) is 0 Å². The van der Waals surface area contributed by atoms with Crippen LogP contribution in [0.1, 0.15) is 27.1 Å². The van der Waals surface area contributed by atoms with E-state index < -0.39 is 0 Å².